The first kappa shape index (κ1) is 22.9. The van der Waals surface area contributed by atoms with Crippen molar-refractivity contribution in [3.8, 4) is 5.75 Å². The molecule has 0 spiro atoms. The number of rotatable bonds is 3. The SMILES string of the molecule is O=c1/c(=C\c2cc(I)c(O)c([N+](=O)[O-])c2)sc2n1[C@H](c1ccccc1)C1=C(N=2)c2ccccc2CC1. The Balaban J connectivity index is 1.61. The molecule has 2 aliphatic rings. The number of phenols is 1. The molecule has 178 valence electrons. The molecule has 36 heavy (non-hydrogen) atoms. The summed E-state index contributed by atoms with van der Waals surface area (Å²) in [5.74, 6) is -0.380. The molecule has 9 heteroatoms. The number of thiazole rings is 1. The van der Waals surface area contributed by atoms with Crippen LogP contribution in [0, 0.1) is 13.7 Å². The van der Waals surface area contributed by atoms with Crippen molar-refractivity contribution in [1.82, 2.24) is 4.57 Å². The third kappa shape index (κ3) is 3.70. The second-order valence-electron chi connectivity index (χ2n) is 8.65. The van der Waals surface area contributed by atoms with Gasteiger partial charge >= 0.3 is 5.69 Å². The molecule has 0 amide bonds. The number of phenolic OH excluding ortho intramolecular Hbond substituents is 1. The number of nitro groups is 1. The number of hydrogen-bond acceptors (Lipinski definition) is 6. The average molecular weight is 607 g/mol. The van der Waals surface area contributed by atoms with Gasteiger partial charge in [0.05, 0.1) is 24.8 Å². The largest absolute Gasteiger partial charge is 0.501 e. The summed E-state index contributed by atoms with van der Waals surface area (Å²) in [6, 6.07) is 20.9. The van der Waals surface area contributed by atoms with Crippen LogP contribution in [-0.4, -0.2) is 14.6 Å². The van der Waals surface area contributed by atoms with E-state index >= 15 is 0 Å². The van der Waals surface area contributed by atoms with Crippen LogP contribution in [-0.2, 0) is 6.42 Å². The molecule has 4 aromatic rings. The highest BCUT2D eigenvalue weighted by Crippen LogP contribution is 2.41. The van der Waals surface area contributed by atoms with Crippen molar-refractivity contribution < 1.29 is 10.0 Å². The van der Waals surface area contributed by atoms with Gasteiger partial charge in [-0.25, -0.2) is 4.99 Å². The van der Waals surface area contributed by atoms with Crippen molar-refractivity contribution in [3.63, 3.8) is 0 Å². The number of aryl methyl sites for hydroxylation is 1. The summed E-state index contributed by atoms with van der Waals surface area (Å²) in [5.41, 5.74) is 5.29. The fourth-order valence-electron chi connectivity index (χ4n) is 4.94. The Labute approximate surface area is 222 Å². The standard InChI is InChI=1S/C27H18IN3O4S/c28-20-12-15(13-21(25(20)32)31(34)35)14-22-26(33)30-24(17-7-2-1-3-8-17)19-11-10-16-6-4-5-9-18(16)23(19)29-27(30)36-22/h1-9,12-14,24,32H,10-11H2/b22-14+/t24-/m1/s1. The Morgan fingerprint density at radius 3 is 2.64 bits per heavy atom. The van der Waals surface area contributed by atoms with Crippen LogP contribution in [0.25, 0.3) is 11.8 Å². The first-order valence-electron chi connectivity index (χ1n) is 11.3. The van der Waals surface area contributed by atoms with Crippen LogP contribution < -0.4 is 14.9 Å². The van der Waals surface area contributed by atoms with Gasteiger partial charge in [0, 0.05) is 11.6 Å². The predicted octanol–water partition coefficient (Wildman–Crippen LogP) is 4.54. The maximum Gasteiger partial charge on any atom is 0.312 e. The van der Waals surface area contributed by atoms with Gasteiger partial charge in [-0.05, 0) is 69.8 Å². The number of allylic oxidation sites excluding steroid dienone is 1. The second kappa shape index (κ2) is 8.82. The van der Waals surface area contributed by atoms with Gasteiger partial charge in [-0.15, -0.1) is 0 Å². The minimum absolute atomic E-state index is 0.191. The van der Waals surface area contributed by atoms with Gasteiger partial charge < -0.3 is 5.11 Å². The number of halogens is 1. The van der Waals surface area contributed by atoms with Crippen LogP contribution in [0.4, 0.5) is 5.69 Å². The van der Waals surface area contributed by atoms with E-state index in [0.717, 1.165) is 35.2 Å². The third-order valence-electron chi connectivity index (χ3n) is 6.55. The maximum atomic E-state index is 13.8. The summed E-state index contributed by atoms with van der Waals surface area (Å²) in [5, 5.41) is 21.5. The quantitative estimate of drug-likeness (QED) is 0.210. The summed E-state index contributed by atoms with van der Waals surface area (Å²) in [7, 11) is 0. The van der Waals surface area contributed by atoms with E-state index in [2.05, 4.69) is 12.1 Å². The Morgan fingerprint density at radius 1 is 1.11 bits per heavy atom. The summed E-state index contributed by atoms with van der Waals surface area (Å²) in [6.45, 7) is 0. The Bertz CT molecular complexity index is 1770. The van der Waals surface area contributed by atoms with E-state index in [4.69, 9.17) is 4.99 Å². The fourth-order valence-corrected chi connectivity index (χ4v) is 6.57. The summed E-state index contributed by atoms with van der Waals surface area (Å²) < 4.78 is 2.52. The van der Waals surface area contributed by atoms with Gasteiger partial charge in [0.25, 0.3) is 5.56 Å². The molecule has 1 aromatic heterocycles. The van der Waals surface area contributed by atoms with Gasteiger partial charge in [0.2, 0.25) is 5.75 Å². The molecular weight excluding hydrogens is 589 g/mol. The molecule has 0 saturated carbocycles. The summed E-state index contributed by atoms with van der Waals surface area (Å²) in [4.78, 5) is 30.1. The predicted molar refractivity (Wildman–Crippen MR) is 147 cm³/mol. The normalized spacial score (nSPS) is 16.7. The average Bonchev–Trinajstić information content (AvgIpc) is 3.19. The number of nitrogens with zero attached hydrogens (tertiary/aromatic N) is 3. The highest BCUT2D eigenvalue weighted by Gasteiger charge is 2.32. The van der Waals surface area contributed by atoms with E-state index in [1.54, 1.807) is 16.7 Å². The molecule has 0 unspecified atom stereocenters. The fraction of sp³-hybridized carbons (Fsp3) is 0.111. The van der Waals surface area contributed by atoms with Gasteiger partial charge in [-0.2, -0.15) is 0 Å². The van der Waals surface area contributed by atoms with Crippen LogP contribution in [0.3, 0.4) is 0 Å². The van der Waals surface area contributed by atoms with Crippen LogP contribution in [0.2, 0.25) is 0 Å². The van der Waals surface area contributed by atoms with Crippen LogP contribution >= 0.6 is 33.9 Å². The number of hydrogen-bond donors (Lipinski definition) is 1. The van der Waals surface area contributed by atoms with Crippen molar-refractivity contribution in [2.24, 2.45) is 4.99 Å². The molecule has 1 N–H and O–H groups in total. The molecule has 6 rings (SSSR count). The Morgan fingerprint density at radius 2 is 1.86 bits per heavy atom. The molecule has 1 atom stereocenters. The lowest BCUT2D eigenvalue weighted by atomic mass is 9.83. The highest BCUT2D eigenvalue weighted by atomic mass is 127. The number of aromatic hydroxyl groups is 1. The van der Waals surface area contributed by atoms with Crippen molar-refractivity contribution in [2.75, 3.05) is 0 Å². The summed E-state index contributed by atoms with van der Waals surface area (Å²) in [6.07, 6.45) is 3.33. The number of nitro benzene ring substituents is 1. The lowest BCUT2D eigenvalue weighted by Gasteiger charge is -2.30. The zero-order valence-electron chi connectivity index (χ0n) is 18.7. The van der Waals surface area contributed by atoms with Crippen LogP contribution in [0.15, 0.2) is 82.1 Å². The van der Waals surface area contributed by atoms with Crippen molar-refractivity contribution in [1.29, 1.82) is 0 Å². The topological polar surface area (TPSA) is 97.7 Å². The lowest BCUT2D eigenvalue weighted by molar-refractivity contribution is -0.386. The van der Waals surface area contributed by atoms with Crippen LogP contribution in [0.1, 0.15) is 34.7 Å². The van der Waals surface area contributed by atoms with E-state index in [0.29, 0.717) is 18.5 Å². The molecule has 0 fully saturated rings. The minimum atomic E-state index is -0.628. The van der Waals surface area contributed by atoms with Gasteiger partial charge in [0.1, 0.15) is 0 Å². The van der Waals surface area contributed by atoms with E-state index < -0.39 is 10.6 Å². The monoisotopic (exact) mass is 607 g/mol. The second-order valence-corrected chi connectivity index (χ2v) is 10.8. The molecule has 3 aromatic carbocycles. The van der Waals surface area contributed by atoms with E-state index in [-0.39, 0.29) is 17.4 Å². The van der Waals surface area contributed by atoms with Crippen molar-refractivity contribution in [3.05, 3.63) is 128 Å². The zero-order valence-corrected chi connectivity index (χ0v) is 21.7. The molecule has 0 radical (unpaired) electrons. The van der Waals surface area contributed by atoms with E-state index in [1.165, 1.54) is 23.0 Å². The van der Waals surface area contributed by atoms with E-state index in [1.807, 2.05) is 65.1 Å². The first-order chi connectivity index (χ1) is 17.4. The number of fused-ring (bicyclic) bond motifs is 3. The smallest absolute Gasteiger partial charge is 0.312 e. The van der Waals surface area contributed by atoms with Crippen molar-refractivity contribution in [2.45, 2.75) is 18.9 Å². The lowest BCUT2D eigenvalue weighted by Crippen LogP contribution is -2.38. The van der Waals surface area contributed by atoms with Gasteiger partial charge in [-0.3, -0.25) is 19.5 Å². The van der Waals surface area contributed by atoms with Crippen LogP contribution in [0.5, 0.6) is 5.75 Å². The van der Waals surface area contributed by atoms with E-state index in [9.17, 15) is 20.0 Å². The molecule has 0 saturated heterocycles. The highest BCUT2D eigenvalue weighted by molar-refractivity contribution is 14.1. The molecule has 1 aliphatic heterocycles. The minimum Gasteiger partial charge on any atom is -0.501 e. The third-order valence-corrected chi connectivity index (χ3v) is 8.35. The zero-order chi connectivity index (χ0) is 25.0. The molecule has 2 heterocycles. The molecule has 7 nitrogen and oxygen atoms in total. The molecule has 0 bridgehead atoms. The van der Waals surface area contributed by atoms with Gasteiger partial charge in [0.15, 0.2) is 4.80 Å². The van der Waals surface area contributed by atoms with Crippen molar-refractivity contribution >= 4 is 51.4 Å². The Hall–Kier alpha value is -3.57. The summed E-state index contributed by atoms with van der Waals surface area (Å²) >= 11 is 3.12. The number of aromatic nitrogens is 1. The number of benzene rings is 3. The maximum absolute atomic E-state index is 13.8. The first-order valence-corrected chi connectivity index (χ1v) is 13.2. The van der Waals surface area contributed by atoms with Gasteiger partial charge in [-0.1, -0.05) is 65.9 Å². The molecule has 1 aliphatic carbocycles. The Kier molecular flexibility index (Phi) is 5.60. The molecular formula is C27H18IN3O4S.